The third-order valence-corrected chi connectivity index (χ3v) is 5.03. The Hall–Kier alpha value is -3.18. The Bertz CT molecular complexity index is 1050. The number of hydrogen-bond acceptors (Lipinski definition) is 6. The van der Waals surface area contributed by atoms with E-state index in [1.807, 2.05) is 49.0 Å². The molecular formula is C22H25F3N4O4. The van der Waals surface area contributed by atoms with Crippen LogP contribution in [0.1, 0.15) is 34.4 Å². The van der Waals surface area contributed by atoms with Gasteiger partial charge in [0.2, 0.25) is 0 Å². The second-order valence-corrected chi connectivity index (χ2v) is 7.73. The zero-order chi connectivity index (χ0) is 24.0. The van der Waals surface area contributed by atoms with Crippen molar-refractivity contribution >= 4 is 5.97 Å². The van der Waals surface area contributed by atoms with Crippen molar-refractivity contribution in [3.63, 3.8) is 0 Å². The standard InChI is InChI=1S/C20H24N4O2.C2HF3O2/c1-15-8-9-18(26-15)11-24-10-17(20-19(12-24)21-22-23(20)2)14-25-13-16-6-4-3-5-7-16;3-2(4,5)1(6)7/h3-9,17H,10-14H2,1-2H3;(H,6,7). The second-order valence-electron chi connectivity index (χ2n) is 7.73. The Morgan fingerprint density at radius 1 is 1.24 bits per heavy atom. The van der Waals surface area contributed by atoms with Gasteiger partial charge in [-0.1, -0.05) is 35.5 Å². The molecule has 4 rings (SSSR count). The maximum atomic E-state index is 10.6. The average Bonchev–Trinajstić information content (AvgIpc) is 3.34. The van der Waals surface area contributed by atoms with Crippen molar-refractivity contribution in [2.45, 2.75) is 38.7 Å². The molecule has 3 aromatic rings. The molecule has 33 heavy (non-hydrogen) atoms. The summed E-state index contributed by atoms with van der Waals surface area (Å²) in [7, 11) is 1.96. The van der Waals surface area contributed by atoms with Crippen molar-refractivity contribution in [2.24, 2.45) is 7.05 Å². The number of carboxylic acids is 1. The molecule has 0 bridgehead atoms. The number of hydrogen-bond donors (Lipinski definition) is 1. The molecule has 1 N–H and O–H groups in total. The molecule has 0 radical (unpaired) electrons. The molecule has 0 aliphatic carbocycles. The number of halogens is 3. The molecule has 8 nitrogen and oxygen atoms in total. The SMILES string of the molecule is Cc1ccc(CN2Cc3nnn(C)c3C(COCc3ccccc3)C2)o1.O=C(O)C(F)(F)F. The van der Waals surface area contributed by atoms with E-state index in [9.17, 15) is 13.2 Å². The Balaban J connectivity index is 0.000000383. The zero-order valence-corrected chi connectivity index (χ0v) is 18.2. The summed E-state index contributed by atoms with van der Waals surface area (Å²) in [6.07, 6.45) is -5.08. The van der Waals surface area contributed by atoms with Crippen LogP contribution >= 0.6 is 0 Å². The van der Waals surface area contributed by atoms with Crippen LogP contribution in [0.2, 0.25) is 0 Å². The topological polar surface area (TPSA) is 93.6 Å². The smallest absolute Gasteiger partial charge is 0.475 e. The minimum Gasteiger partial charge on any atom is -0.475 e. The van der Waals surface area contributed by atoms with Crippen LogP contribution in [-0.4, -0.2) is 50.3 Å². The Morgan fingerprint density at radius 2 is 1.94 bits per heavy atom. The minimum atomic E-state index is -5.08. The fourth-order valence-corrected chi connectivity index (χ4v) is 3.63. The molecule has 1 atom stereocenters. The molecule has 0 spiro atoms. The normalized spacial score (nSPS) is 16.1. The summed E-state index contributed by atoms with van der Waals surface area (Å²) in [6.45, 7) is 5.72. The highest BCUT2D eigenvalue weighted by atomic mass is 19.4. The molecule has 1 unspecified atom stereocenters. The molecule has 0 saturated carbocycles. The Morgan fingerprint density at radius 3 is 2.55 bits per heavy atom. The molecule has 0 saturated heterocycles. The van der Waals surface area contributed by atoms with Gasteiger partial charge in [-0.3, -0.25) is 9.58 Å². The van der Waals surface area contributed by atoms with Gasteiger partial charge in [0.05, 0.1) is 25.5 Å². The fraction of sp³-hybridized carbons (Fsp3) is 0.409. The largest absolute Gasteiger partial charge is 0.490 e. The van der Waals surface area contributed by atoms with E-state index >= 15 is 0 Å². The van der Waals surface area contributed by atoms with E-state index in [4.69, 9.17) is 19.1 Å². The van der Waals surface area contributed by atoms with Crippen LogP contribution in [-0.2, 0) is 36.3 Å². The average molecular weight is 466 g/mol. The van der Waals surface area contributed by atoms with E-state index in [0.717, 1.165) is 36.8 Å². The van der Waals surface area contributed by atoms with Gasteiger partial charge in [0.25, 0.3) is 0 Å². The van der Waals surface area contributed by atoms with Crippen molar-refractivity contribution in [1.29, 1.82) is 0 Å². The number of nitrogens with zero attached hydrogens (tertiary/aromatic N) is 4. The van der Waals surface area contributed by atoms with Crippen LogP contribution in [0.15, 0.2) is 46.9 Å². The van der Waals surface area contributed by atoms with Gasteiger partial charge in [0, 0.05) is 26.1 Å². The van der Waals surface area contributed by atoms with Crippen LogP contribution in [0.5, 0.6) is 0 Å². The van der Waals surface area contributed by atoms with Crippen molar-refractivity contribution in [2.75, 3.05) is 13.2 Å². The molecule has 0 amide bonds. The summed E-state index contributed by atoms with van der Waals surface area (Å²) in [5.74, 6) is -0.579. The van der Waals surface area contributed by atoms with Gasteiger partial charge in [-0.05, 0) is 24.6 Å². The van der Waals surface area contributed by atoms with Gasteiger partial charge in [-0.15, -0.1) is 5.10 Å². The summed E-state index contributed by atoms with van der Waals surface area (Å²) in [5, 5.41) is 15.7. The summed E-state index contributed by atoms with van der Waals surface area (Å²) in [4.78, 5) is 11.2. The van der Waals surface area contributed by atoms with Crippen LogP contribution in [0.4, 0.5) is 13.2 Å². The van der Waals surface area contributed by atoms with E-state index in [1.54, 1.807) is 0 Å². The molecule has 11 heteroatoms. The molecule has 2 aromatic heterocycles. The molecule has 1 aromatic carbocycles. The maximum absolute atomic E-state index is 10.6. The van der Waals surface area contributed by atoms with Gasteiger partial charge in [-0.25, -0.2) is 4.79 Å². The summed E-state index contributed by atoms with van der Waals surface area (Å²) in [5.41, 5.74) is 3.41. The quantitative estimate of drug-likeness (QED) is 0.593. The van der Waals surface area contributed by atoms with E-state index < -0.39 is 12.1 Å². The predicted molar refractivity (Wildman–Crippen MR) is 111 cm³/mol. The van der Waals surface area contributed by atoms with E-state index in [-0.39, 0.29) is 5.92 Å². The Kier molecular flexibility index (Phi) is 7.88. The number of benzene rings is 1. The van der Waals surface area contributed by atoms with Crippen LogP contribution in [0.25, 0.3) is 0 Å². The van der Waals surface area contributed by atoms with Crippen molar-refractivity contribution < 1.29 is 32.2 Å². The number of alkyl halides is 3. The minimum absolute atomic E-state index is 0.249. The van der Waals surface area contributed by atoms with Gasteiger partial charge in [-0.2, -0.15) is 13.2 Å². The molecule has 1 aliphatic heterocycles. The van der Waals surface area contributed by atoms with Crippen LogP contribution < -0.4 is 0 Å². The summed E-state index contributed by atoms with van der Waals surface area (Å²) < 4.78 is 45.4. The zero-order valence-electron chi connectivity index (χ0n) is 18.2. The third-order valence-electron chi connectivity index (χ3n) is 5.03. The third kappa shape index (κ3) is 6.90. The second kappa shape index (κ2) is 10.6. The van der Waals surface area contributed by atoms with Gasteiger partial charge >= 0.3 is 12.1 Å². The number of fused-ring (bicyclic) bond motifs is 1. The number of aromatic nitrogens is 3. The number of furan rings is 1. The highest BCUT2D eigenvalue weighted by molar-refractivity contribution is 5.73. The monoisotopic (exact) mass is 466 g/mol. The van der Waals surface area contributed by atoms with E-state index in [1.165, 1.54) is 11.3 Å². The lowest BCUT2D eigenvalue weighted by atomic mass is 9.99. The van der Waals surface area contributed by atoms with Crippen LogP contribution in [0.3, 0.4) is 0 Å². The first-order chi connectivity index (χ1) is 15.6. The van der Waals surface area contributed by atoms with Gasteiger partial charge in [0.1, 0.15) is 17.2 Å². The van der Waals surface area contributed by atoms with E-state index in [2.05, 4.69) is 27.3 Å². The fourth-order valence-electron chi connectivity index (χ4n) is 3.63. The first kappa shape index (κ1) is 24.5. The predicted octanol–water partition coefficient (Wildman–Crippen LogP) is 3.67. The van der Waals surface area contributed by atoms with Crippen molar-refractivity contribution in [3.8, 4) is 0 Å². The van der Waals surface area contributed by atoms with Gasteiger partial charge in [0.15, 0.2) is 0 Å². The Labute approximate surface area is 188 Å². The van der Waals surface area contributed by atoms with Crippen molar-refractivity contribution in [1.82, 2.24) is 19.9 Å². The highest BCUT2D eigenvalue weighted by Crippen LogP contribution is 2.28. The lowest BCUT2D eigenvalue weighted by molar-refractivity contribution is -0.192. The molecule has 1 aliphatic rings. The molecule has 178 valence electrons. The molecule has 3 heterocycles. The first-order valence-corrected chi connectivity index (χ1v) is 10.2. The number of ether oxygens (including phenoxy) is 1. The van der Waals surface area contributed by atoms with Crippen molar-refractivity contribution in [3.05, 3.63) is 70.9 Å². The molecular weight excluding hydrogens is 441 g/mol. The first-order valence-electron chi connectivity index (χ1n) is 10.2. The summed E-state index contributed by atoms with van der Waals surface area (Å²) >= 11 is 0. The number of carbonyl (C=O) groups is 1. The highest BCUT2D eigenvalue weighted by Gasteiger charge is 2.38. The van der Waals surface area contributed by atoms with Gasteiger partial charge < -0.3 is 14.3 Å². The van der Waals surface area contributed by atoms with E-state index in [0.29, 0.717) is 13.2 Å². The number of aliphatic carboxylic acids is 1. The van der Waals surface area contributed by atoms with Crippen LogP contribution in [0, 0.1) is 6.92 Å². The number of aryl methyl sites for hydroxylation is 2. The molecule has 0 fully saturated rings. The summed E-state index contributed by atoms with van der Waals surface area (Å²) in [6, 6.07) is 14.3. The lowest BCUT2D eigenvalue weighted by Gasteiger charge is -2.31. The maximum Gasteiger partial charge on any atom is 0.490 e. The number of rotatable bonds is 6. The number of carboxylic acid groups (broad SMARTS) is 1. The lowest BCUT2D eigenvalue weighted by Crippen LogP contribution is -2.35.